The van der Waals surface area contributed by atoms with Crippen molar-refractivity contribution < 1.29 is 4.79 Å². The predicted molar refractivity (Wildman–Crippen MR) is 91.6 cm³/mol. The van der Waals surface area contributed by atoms with Crippen molar-refractivity contribution >= 4 is 27.5 Å². The number of amides is 1. The van der Waals surface area contributed by atoms with Crippen LogP contribution < -0.4 is 10.6 Å². The first-order valence-corrected chi connectivity index (χ1v) is 9.25. The van der Waals surface area contributed by atoms with Crippen LogP contribution in [0.1, 0.15) is 32.1 Å². The molecule has 0 unspecified atom stereocenters. The first-order valence-electron chi connectivity index (χ1n) is 8.46. The third-order valence-corrected chi connectivity index (χ3v) is 6.38. The highest BCUT2D eigenvalue weighted by molar-refractivity contribution is 9.10. The molecule has 1 aromatic rings. The Morgan fingerprint density at radius 2 is 1.59 bits per heavy atom. The largest absolute Gasteiger partial charge is 0.376 e. The van der Waals surface area contributed by atoms with Crippen LogP contribution in [-0.4, -0.2) is 18.5 Å². The monoisotopic (exact) mass is 362 g/mol. The number of hydrogen-bond donors (Lipinski definition) is 2. The van der Waals surface area contributed by atoms with Crippen LogP contribution in [0.3, 0.4) is 0 Å². The smallest absolute Gasteiger partial charge is 0.239 e. The van der Waals surface area contributed by atoms with Crippen molar-refractivity contribution in [2.45, 2.75) is 38.1 Å². The average molecular weight is 363 g/mol. The van der Waals surface area contributed by atoms with Crippen molar-refractivity contribution in [1.82, 2.24) is 5.32 Å². The Hall–Kier alpha value is -1.03. The van der Waals surface area contributed by atoms with Gasteiger partial charge in [-0.25, -0.2) is 0 Å². The first-order chi connectivity index (χ1) is 10.7. The summed E-state index contributed by atoms with van der Waals surface area (Å²) in [5.41, 5.74) is 0.989. The first kappa shape index (κ1) is 14.6. The highest BCUT2D eigenvalue weighted by Gasteiger charge is 2.48. The van der Waals surface area contributed by atoms with Crippen LogP contribution in [-0.2, 0) is 4.79 Å². The summed E-state index contributed by atoms with van der Waals surface area (Å²) in [6.07, 6.45) is 6.84. The molecule has 4 heteroatoms. The number of carbonyl (C=O) groups is 1. The van der Waals surface area contributed by atoms with E-state index < -0.39 is 0 Å². The molecule has 4 bridgehead atoms. The lowest BCUT2D eigenvalue weighted by atomic mass is 9.54. The third-order valence-electron chi connectivity index (χ3n) is 5.85. The van der Waals surface area contributed by atoms with Crippen molar-refractivity contribution in [2.75, 3.05) is 11.9 Å². The minimum atomic E-state index is 0.139. The Balaban J connectivity index is 1.31. The fourth-order valence-corrected chi connectivity index (χ4v) is 5.41. The fourth-order valence-electron chi connectivity index (χ4n) is 5.15. The molecule has 5 rings (SSSR count). The number of anilines is 1. The molecule has 4 fully saturated rings. The van der Waals surface area contributed by atoms with Crippen LogP contribution in [0.4, 0.5) is 5.69 Å². The molecule has 0 atom stereocenters. The van der Waals surface area contributed by atoms with Gasteiger partial charge in [0.1, 0.15) is 0 Å². The van der Waals surface area contributed by atoms with Gasteiger partial charge in [0, 0.05) is 16.2 Å². The molecule has 0 aromatic heterocycles. The number of halogens is 1. The van der Waals surface area contributed by atoms with Gasteiger partial charge in [0.15, 0.2) is 0 Å². The molecular weight excluding hydrogens is 340 g/mol. The maximum absolute atomic E-state index is 12.3. The van der Waals surface area contributed by atoms with E-state index in [0.29, 0.717) is 12.6 Å². The molecule has 0 saturated heterocycles. The Bertz CT molecular complexity index is 529. The average Bonchev–Trinajstić information content (AvgIpc) is 2.50. The summed E-state index contributed by atoms with van der Waals surface area (Å²) in [6, 6.07) is 8.38. The van der Waals surface area contributed by atoms with Crippen molar-refractivity contribution in [2.24, 2.45) is 23.7 Å². The molecule has 118 valence electrons. The van der Waals surface area contributed by atoms with E-state index in [1.807, 2.05) is 24.3 Å². The van der Waals surface area contributed by atoms with Crippen molar-refractivity contribution in [3.63, 3.8) is 0 Å². The van der Waals surface area contributed by atoms with Crippen molar-refractivity contribution in [3.8, 4) is 0 Å². The van der Waals surface area contributed by atoms with Gasteiger partial charge in [-0.05, 0) is 80.0 Å². The zero-order chi connectivity index (χ0) is 15.1. The fraction of sp³-hybridized carbons (Fsp3) is 0.611. The second-order valence-corrected chi connectivity index (χ2v) is 8.30. The number of nitrogens with one attached hydrogen (secondary N) is 2. The van der Waals surface area contributed by atoms with Gasteiger partial charge >= 0.3 is 0 Å². The Morgan fingerprint density at radius 3 is 2.18 bits per heavy atom. The molecule has 0 spiro atoms. The van der Waals surface area contributed by atoms with Gasteiger partial charge in [0.25, 0.3) is 0 Å². The normalized spacial score (nSPS) is 35.4. The van der Waals surface area contributed by atoms with E-state index in [9.17, 15) is 4.79 Å². The number of carbonyl (C=O) groups excluding carboxylic acids is 1. The number of hydrogen-bond acceptors (Lipinski definition) is 2. The van der Waals surface area contributed by atoms with E-state index in [1.54, 1.807) is 0 Å². The SMILES string of the molecule is O=C(CNc1ccc(Br)cc1)NC1C2CC3CC(C2)CC1C3. The van der Waals surface area contributed by atoms with Crippen LogP contribution in [0.15, 0.2) is 28.7 Å². The molecular formula is C18H23BrN2O. The highest BCUT2D eigenvalue weighted by atomic mass is 79.9. The minimum Gasteiger partial charge on any atom is -0.376 e. The lowest BCUT2D eigenvalue weighted by molar-refractivity contribution is -0.123. The van der Waals surface area contributed by atoms with E-state index in [-0.39, 0.29) is 5.91 Å². The summed E-state index contributed by atoms with van der Waals surface area (Å²) in [6.45, 7) is 0.366. The molecule has 0 radical (unpaired) electrons. The van der Waals surface area contributed by atoms with Crippen molar-refractivity contribution in [1.29, 1.82) is 0 Å². The van der Waals surface area contributed by atoms with Gasteiger partial charge in [-0.3, -0.25) is 4.79 Å². The van der Waals surface area contributed by atoms with E-state index in [1.165, 1.54) is 32.1 Å². The Labute approximate surface area is 140 Å². The van der Waals surface area contributed by atoms with Gasteiger partial charge < -0.3 is 10.6 Å². The molecule has 1 amide bonds. The summed E-state index contributed by atoms with van der Waals surface area (Å²) in [4.78, 5) is 12.3. The van der Waals surface area contributed by atoms with Gasteiger partial charge in [0.2, 0.25) is 5.91 Å². The molecule has 3 nitrogen and oxygen atoms in total. The molecule has 2 N–H and O–H groups in total. The summed E-state index contributed by atoms with van der Waals surface area (Å²) < 4.78 is 1.05. The zero-order valence-corrected chi connectivity index (χ0v) is 14.3. The van der Waals surface area contributed by atoms with E-state index in [4.69, 9.17) is 0 Å². The number of benzene rings is 1. The lowest BCUT2D eigenvalue weighted by Crippen LogP contribution is -2.56. The molecule has 22 heavy (non-hydrogen) atoms. The minimum absolute atomic E-state index is 0.139. The molecule has 1 aromatic carbocycles. The van der Waals surface area contributed by atoms with E-state index in [0.717, 1.165) is 33.8 Å². The number of rotatable bonds is 4. The molecule has 4 aliphatic rings. The quantitative estimate of drug-likeness (QED) is 0.854. The summed E-state index contributed by atoms with van der Waals surface area (Å²) in [7, 11) is 0. The van der Waals surface area contributed by atoms with Crippen LogP contribution in [0, 0.1) is 23.7 Å². The maximum Gasteiger partial charge on any atom is 0.239 e. The topological polar surface area (TPSA) is 41.1 Å². The molecule has 4 aliphatic carbocycles. The third kappa shape index (κ3) is 2.90. The van der Waals surface area contributed by atoms with Crippen LogP contribution in [0.25, 0.3) is 0 Å². The summed E-state index contributed by atoms with van der Waals surface area (Å²) in [5, 5.41) is 6.54. The summed E-state index contributed by atoms with van der Waals surface area (Å²) in [5.74, 6) is 3.54. The van der Waals surface area contributed by atoms with Crippen LogP contribution >= 0.6 is 15.9 Å². The van der Waals surface area contributed by atoms with Crippen LogP contribution in [0.5, 0.6) is 0 Å². The van der Waals surface area contributed by atoms with E-state index >= 15 is 0 Å². The second-order valence-electron chi connectivity index (χ2n) is 7.38. The maximum atomic E-state index is 12.3. The standard InChI is InChI=1S/C18H23BrN2O/c19-15-1-3-16(4-2-15)20-10-17(22)21-18-13-6-11-5-12(8-13)9-14(18)7-11/h1-4,11-14,18,20H,5-10H2,(H,21,22). The predicted octanol–water partition coefficient (Wildman–Crippen LogP) is 3.80. The van der Waals surface area contributed by atoms with E-state index in [2.05, 4.69) is 26.6 Å². The van der Waals surface area contributed by atoms with Gasteiger partial charge in [-0.2, -0.15) is 0 Å². The highest BCUT2D eigenvalue weighted by Crippen LogP contribution is 2.53. The lowest BCUT2D eigenvalue weighted by Gasteiger charge is -2.54. The van der Waals surface area contributed by atoms with Gasteiger partial charge in [-0.15, -0.1) is 0 Å². The molecule has 0 heterocycles. The zero-order valence-electron chi connectivity index (χ0n) is 12.7. The van der Waals surface area contributed by atoms with Crippen molar-refractivity contribution in [3.05, 3.63) is 28.7 Å². The Kier molecular flexibility index (Phi) is 3.89. The van der Waals surface area contributed by atoms with Gasteiger partial charge in [0.05, 0.1) is 6.54 Å². The van der Waals surface area contributed by atoms with Crippen LogP contribution in [0.2, 0.25) is 0 Å². The second kappa shape index (κ2) is 5.88. The molecule has 4 saturated carbocycles. The van der Waals surface area contributed by atoms with Gasteiger partial charge in [-0.1, -0.05) is 15.9 Å². The summed E-state index contributed by atoms with van der Waals surface area (Å²) >= 11 is 3.42. The Morgan fingerprint density at radius 1 is 1.00 bits per heavy atom. The molecule has 0 aliphatic heterocycles.